The second-order valence-corrected chi connectivity index (χ2v) is 7.97. The molecule has 7 nitrogen and oxygen atoms in total. The molecular formula is C20H22F4N6O. The monoisotopic (exact) mass is 438 g/mol. The van der Waals surface area contributed by atoms with Gasteiger partial charge >= 0.3 is 0 Å². The van der Waals surface area contributed by atoms with Gasteiger partial charge in [-0.2, -0.15) is 0 Å². The van der Waals surface area contributed by atoms with E-state index in [0.717, 1.165) is 19.3 Å². The fourth-order valence-corrected chi connectivity index (χ4v) is 3.94. The van der Waals surface area contributed by atoms with E-state index in [4.69, 9.17) is 0 Å². The van der Waals surface area contributed by atoms with E-state index in [-0.39, 0.29) is 34.4 Å². The maximum absolute atomic E-state index is 14.3. The highest BCUT2D eigenvalue weighted by Crippen LogP contribution is 2.41. The lowest BCUT2D eigenvalue weighted by molar-refractivity contribution is -0.117. The fourth-order valence-electron chi connectivity index (χ4n) is 3.94. The normalized spacial score (nSPS) is 21.8. The zero-order valence-corrected chi connectivity index (χ0v) is 17.0. The van der Waals surface area contributed by atoms with Crippen LogP contribution in [-0.4, -0.2) is 53.0 Å². The lowest BCUT2D eigenvalue weighted by Gasteiger charge is -2.33. The van der Waals surface area contributed by atoms with Crippen molar-refractivity contribution in [1.29, 1.82) is 0 Å². The van der Waals surface area contributed by atoms with E-state index in [1.165, 1.54) is 6.07 Å². The van der Waals surface area contributed by atoms with Crippen LogP contribution in [-0.2, 0) is 10.7 Å². The van der Waals surface area contributed by atoms with Gasteiger partial charge < -0.3 is 15.5 Å². The lowest BCUT2D eigenvalue weighted by atomic mass is 9.90. The van der Waals surface area contributed by atoms with Gasteiger partial charge in [0.25, 0.3) is 5.92 Å². The highest BCUT2D eigenvalue weighted by molar-refractivity contribution is 5.95. The number of fused-ring (bicyclic) bond motifs is 1. The molecule has 2 atom stereocenters. The number of piperazine rings is 1. The number of carbonyl (C=O) groups is 1. The molecule has 1 fully saturated rings. The Balaban J connectivity index is 1.88. The van der Waals surface area contributed by atoms with Gasteiger partial charge in [-0.15, -0.1) is 0 Å². The molecule has 0 saturated carbocycles. The molecule has 2 aliphatic heterocycles. The molecule has 0 radical (unpaired) electrons. The SMILES string of the molecule is C[C@H]1CN(c2cc(C(C)(F)F)cc(-c3ncnc4c3[C@H](C(F)F)CC(=O)N4)n2)CCN1. The van der Waals surface area contributed by atoms with Crippen LogP contribution in [0.4, 0.5) is 29.2 Å². The predicted molar refractivity (Wildman–Crippen MR) is 107 cm³/mol. The zero-order chi connectivity index (χ0) is 22.3. The molecule has 166 valence electrons. The van der Waals surface area contributed by atoms with Crippen LogP contribution in [0.2, 0.25) is 0 Å². The Bertz CT molecular complexity index is 996. The number of nitrogens with one attached hydrogen (secondary N) is 2. The highest BCUT2D eigenvalue weighted by atomic mass is 19.3. The van der Waals surface area contributed by atoms with Crippen molar-refractivity contribution in [2.24, 2.45) is 0 Å². The van der Waals surface area contributed by atoms with Crippen LogP contribution >= 0.6 is 0 Å². The summed E-state index contributed by atoms with van der Waals surface area (Å²) in [6.45, 7) is 4.53. The van der Waals surface area contributed by atoms with Gasteiger partial charge in [-0.1, -0.05) is 0 Å². The minimum atomic E-state index is -3.17. The number of hydrogen-bond acceptors (Lipinski definition) is 6. The second-order valence-electron chi connectivity index (χ2n) is 7.97. The smallest absolute Gasteiger partial charge is 0.270 e. The number of rotatable bonds is 4. The van der Waals surface area contributed by atoms with E-state index < -0.39 is 30.6 Å². The first kappa shape index (κ1) is 21.4. The van der Waals surface area contributed by atoms with Crippen LogP contribution < -0.4 is 15.5 Å². The topological polar surface area (TPSA) is 83.0 Å². The van der Waals surface area contributed by atoms with E-state index >= 15 is 0 Å². The van der Waals surface area contributed by atoms with Gasteiger partial charge in [-0.05, 0) is 19.1 Å². The average Bonchev–Trinajstić information content (AvgIpc) is 2.71. The molecule has 0 bridgehead atoms. The molecule has 4 rings (SSSR count). The number of carbonyl (C=O) groups excluding carboxylic acids is 1. The lowest BCUT2D eigenvalue weighted by Crippen LogP contribution is -2.49. The summed E-state index contributed by atoms with van der Waals surface area (Å²) in [7, 11) is 0. The number of hydrogen-bond donors (Lipinski definition) is 2. The Hall–Kier alpha value is -2.82. The summed E-state index contributed by atoms with van der Waals surface area (Å²) in [6, 6.07) is 2.62. The summed E-state index contributed by atoms with van der Waals surface area (Å²) in [5, 5.41) is 5.74. The first-order chi connectivity index (χ1) is 14.6. The van der Waals surface area contributed by atoms with Gasteiger partial charge in [0.05, 0.1) is 17.3 Å². The Morgan fingerprint density at radius 1 is 1.26 bits per heavy atom. The molecule has 2 aromatic rings. The molecule has 11 heteroatoms. The van der Waals surface area contributed by atoms with Crippen molar-refractivity contribution in [2.45, 2.75) is 44.6 Å². The minimum Gasteiger partial charge on any atom is -0.354 e. The third-order valence-corrected chi connectivity index (χ3v) is 5.48. The molecule has 1 saturated heterocycles. The van der Waals surface area contributed by atoms with Gasteiger partial charge in [0.15, 0.2) is 0 Å². The molecule has 2 aliphatic rings. The van der Waals surface area contributed by atoms with Crippen molar-refractivity contribution in [3.8, 4) is 11.4 Å². The van der Waals surface area contributed by atoms with Crippen LogP contribution in [0.3, 0.4) is 0 Å². The maximum atomic E-state index is 14.3. The van der Waals surface area contributed by atoms with Gasteiger partial charge in [0, 0.05) is 50.1 Å². The third kappa shape index (κ3) is 4.32. The van der Waals surface area contributed by atoms with Crippen LogP contribution in [0, 0.1) is 0 Å². The molecule has 0 aromatic carbocycles. The second kappa shape index (κ2) is 8.03. The first-order valence-corrected chi connectivity index (χ1v) is 9.95. The Morgan fingerprint density at radius 2 is 2.03 bits per heavy atom. The van der Waals surface area contributed by atoms with Gasteiger partial charge in [-0.3, -0.25) is 4.79 Å². The number of halogens is 4. The Morgan fingerprint density at radius 3 is 2.71 bits per heavy atom. The number of alkyl halides is 4. The zero-order valence-electron chi connectivity index (χ0n) is 17.0. The van der Waals surface area contributed by atoms with Crippen molar-refractivity contribution in [1.82, 2.24) is 20.3 Å². The molecule has 0 spiro atoms. The van der Waals surface area contributed by atoms with Crippen LogP contribution in [0.5, 0.6) is 0 Å². The minimum absolute atomic E-state index is 0.0146. The van der Waals surface area contributed by atoms with Crippen LogP contribution in [0.25, 0.3) is 11.4 Å². The molecule has 0 aliphatic carbocycles. The molecule has 2 N–H and O–H groups in total. The van der Waals surface area contributed by atoms with Gasteiger partial charge in [0.1, 0.15) is 18.0 Å². The number of amides is 1. The largest absolute Gasteiger partial charge is 0.354 e. The maximum Gasteiger partial charge on any atom is 0.270 e. The number of anilines is 2. The fraction of sp³-hybridized carbons (Fsp3) is 0.500. The standard InChI is InChI=1S/C20H22F4N6O/c1-10-8-30(4-3-25-10)14-6-11(20(2,23)24)5-13(28-14)17-16-12(18(21)22)7-15(31)29-19(16)27-9-26-17/h5-6,9-10,12,18,25H,3-4,7-8H2,1-2H3,(H,26,27,29,31)/t10-,12+/m0/s1. The van der Waals surface area contributed by atoms with E-state index in [2.05, 4.69) is 25.6 Å². The number of pyridine rings is 1. The van der Waals surface area contributed by atoms with Crippen molar-refractivity contribution in [3.05, 3.63) is 29.6 Å². The van der Waals surface area contributed by atoms with Gasteiger partial charge in [0.2, 0.25) is 12.3 Å². The molecule has 1 amide bonds. The van der Waals surface area contributed by atoms with Crippen molar-refractivity contribution in [3.63, 3.8) is 0 Å². The summed E-state index contributed by atoms with van der Waals surface area (Å²) >= 11 is 0. The van der Waals surface area contributed by atoms with Crippen molar-refractivity contribution >= 4 is 17.5 Å². The van der Waals surface area contributed by atoms with Crippen molar-refractivity contribution in [2.75, 3.05) is 29.9 Å². The van der Waals surface area contributed by atoms with E-state index in [1.54, 1.807) is 0 Å². The third-order valence-electron chi connectivity index (χ3n) is 5.48. The van der Waals surface area contributed by atoms with Gasteiger partial charge in [-0.25, -0.2) is 32.5 Å². The highest BCUT2D eigenvalue weighted by Gasteiger charge is 2.37. The van der Waals surface area contributed by atoms with E-state index in [0.29, 0.717) is 25.5 Å². The van der Waals surface area contributed by atoms with Crippen molar-refractivity contribution < 1.29 is 22.4 Å². The first-order valence-electron chi connectivity index (χ1n) is 9.95. The van der Waals surface area contributed by atoms with E-state index in [9.17, 15) is 22.4 Å². The van der Waals surface area contributed by atoms with Crippen LogP contribution in [0.1, 0.15) is 37.3 Å². The molecule has 2 aromatic heterocycles. The quantitative estimate of drug-likeness (QED) is 0.714. The molecule has 0 unspecified atom stereocenters. The Kier molecular flexibility index (Phi) is 5.54. The number of nitrogens with zero attached hydrogens (tertiary/aromatic N) is 4. The summed E-state index contributed by atoms with van der Waals surface area (Å²) in [4.78, 5) is 26.2. The summed E-state index contributed by atoms with van der Waals surface area (Å²) in [5.41, 5.74) is -0.216. The summed E-state index contributed by atoms with van der Waals surface area (Å²) < 4.78 is 56.1. The molecular weight excluding hydrogens is 416 g/mol. The number of aromatic nitrogens is 3. The van der Waals surface area contributed by atoms with E-state index in [1.807, 2.05) is 11.8 Å². The Labute approximate surface area is 176 Å². The summed E-state index contributed by atoms with van der Waals surface area (Å²) in [6.07, 6.45) is -2.19. The molecule has 31 heavy (non-hydrogen) atoms. The molecule has 4 heterocycles. The predicted octanol–water partition coefficient (Wildman–Crippen LogP) is 3.14. The van der Waals surface area contributed by atoms with Crippen LogP contribution in [0.15, 0.2) is 18.5 Å². The summed E-state index contributed by atoms with van der Waals surface area (Å²) in [5.74, 6) is -4.92. The average molecular weight is 438 g/mol.